The molecule has 1 aliphatic carbocycles. The van der Waals surface area contributed by atoms with Crippen LogP contribution in [0, 0.1) is 11.7 Å². The molecule has 2 aromatic rings. The minimum Gasteiger partial charge on any atom is -0.449 e. The lowest BCUT2D eigenvalue weighted by atomic mass is 9.90. The first-order chi connectivity index (χ1) is 18.5. The summed E-state index contributed by atoms with van der Waals surface area (Å²) in [7, 11) is 0. The molecule has 2 fully saturated rings. The van der Waals surface area contributed by atoms with Crippen LogP contribution < -0.4 is 10.6 Å². The van der Waals surface area contributed by atoms with Gasteiger partial charge in [0, 0.05) is 36.5 Å². The standard InChI is InChI=1S/C29H36FN5O3/c1-2-3-5-13-26(36)32-24-12-8-11-22(18-24)27-25(30)19-31-28(34-27)33-23-14-16-35(17-15-23)29(37)38-20-21-9-6-4-7-10-21/h2-3,5,8,11-13,18-19,21,23H,4,6-7,9-10,14-17,20H2,1H3,(H,32,36)(H,31,33,34)/b3-2-,13-5-. The number of allylic oxidation sites excluding steroid dienone is 3. The smallest absolute Gasteiger partial charge is 0.409 e. The fourth-order valence-electron chi connectivity index (χ4n) is 4.84. The molecule has 1 aromatic carbocycles. The lowest BCUT2D eigenvalue weighted by molar-refractivity contribution is -0.111. The number of anilines is 2. The van der Waals surface area contributed by atoms with Gasteiger partial charge in [-0.25, -0.2) is 19.2 Å². The van der Waals surface area contributed by atoms with Gasteiger partial charge in [0.25, 0.3) is 0 Å². The summed E-state index contributed by atoms with van der Waals surface area (Å²) in [5.41, 5.74) is 1.21. The van der Waals surface area contributed by atoms with E-state index in [9.17, 15) is 14.0 Å². The Bertz CT molecular complexity index is 1150. The first-order valence-corrected chi connectivity index (χ1v) is 13.4. The first kappa shape index (κ1) is 27.3. The third kappa shape index (κ3) is 7.87. The van der Waals surface area contributed by atoms with Gasteiger partial charge in [0.2, 0.25) is 11.9 Å². The number of benzene rings is 1. The first-order valence-electron chi connectivity index (χ1n) is 13.4. The quantitative estimate of drug-likeness (QED) is 0.329. The SMILES string of the molecule is C/C=C\C=C/C(=O)Nc1cccc(-c2nc(NC3CCN(C(=O)OCC4CCCCC4)CC3)ncc2F)c1. The van der Waals surface area contributed by atoms with E-state index in [1.807, 2.05) is 13.0 Å². The molecule has 2 aliphatic rings. The van der Waals surface area contributed by atoms with Gasteiger partial charge in [0.05, 0.1) is 12.8 Å². The van der Waals surface area contributed by atoms with Gasteiger partial charge in [-0.1, -0.05) is 49.6 Å². The van der Waals surface area contributed by atoms with E-state index in [0.29, 0.717) is 42.8 Å². The molecule has 1 saturated carbocycles. The number of amides is 2. The van der Waals surface area contributed by atoms with E-state index < -0.39 is 5.82 Å². The number of carbonyl (C=O) groups is 2. The monoisotopic (exact) mass is 521 g/mol. The van der Waals surface area contributed by atoms with Gasteiger partial charge < -0.3 is 20.3 Å². The van der Waals surface area contributed by atoms with Gasteiger partial charge in [0.15, 0.2) is 5.82 Å². The summed E-state index contributed by atoms with van der Waals surface area (Å²) < 4.78 is 20.2. The normalized spacial score (nSPS) is 17.2. The lowest BCUT2D eigenvalue weighted by Crippen LogP contribution is -2.43. The number of hydrogen-bond donors (Lipinski definition) is 2. The molecule has 4 rings (SSSR count). The Morgan fingerprint density at radius 1 is 1.13 bits per heavy atom. The Hall–Kier alpha value is -3.75. The zero-order chi connectivity index (χ0) is 26.7. The van der Waals surface area contributed by atoms with Crippen molar-refractivity contribution in [3.05, 3.63) is 60.6 Å². The van der Waals surface area contributed by atoms with Gasteiger partial charge in [-0.2, -0.15) is 0 Å². The third-order valence-corrected chi connectivity index (χ3v) is 6.95. The van der Waals surface area contributed by atoms with Crippen LogP contribution >= 0.6 is 0 Å². The second-order valence-electron chi connectivity index (χ2n) is 9.83. The minimum absolute atomic E-state index is 0.0604. The fourth-order valence-corrected chi connectivity index (χ4v) is 4.84. The topological polar surface area (TPSA) is 96.5 Å². The summed E-state index contributed by atoms with van der Waals surface area (Å²) in [4.78, 5) is 34.9. The van der Waals surface area contributed by atoms with Crippen molar-refractivity contribution in [2.24, 2.45) is 5.92 Å². The number of aromatic nitrogens is 2. The molecule has 2 N–H and O–H groups in total. The Balaban J connectivity index is 1.31. The summed E-state index contributed by atoms with van der Waals surface area (Å²) >= 11 is 0. The van der Waals surface area contributed by atoms with Crippen molar-refractivity contribution >= 4 is 23.6 Å². The second-order valence-corrected chi connectivity index (χ2v) is 9.83. The van der Waals surface area contributed by atoms with Gasteiger partial charge >= 0.3 is 6.09 Å². The Kier molecular flexibility index (Phi) is 9.84. The predicted molar refractivity (Wildman–Crippen MR) is 146 cm³/mol. The molecule has 1 saturated heterocycles. The van der Waals surface area contributed by atoms with Crippen LogP contribution in [-0.4, -0.2) is 52.6 Å². The molecule has 1 aromatic heterocycles. The summed E-state index contributed by atoms with van der Waals surface area (Å²) in [6, 6.07) is 6.94. The molecule has 2 heterocycles. The molecule has 2 amide bonds. The summed E-state index contributed by atoms with van der Waals surface area (Å²) in [6.07, 6.45) is 15.0. The van der Waals surface area contributed by atoms with Crippen molar-refractivity contribution in [1.82, 2.24) is 14.9 Å². The average molecular weight is 522 g/mol. The number of hydrogen-bond acceptors (Lipinski definition) is 6. The van der Waals surface area contributed by atoms with Crippen molar-refractivity contribution in [2.45, 2.75) is 57.9 Å². The van der Waals surface area contributed by atoms with Crippen molar-refractivity contribution in [3.8, 4) is 11.3 Å². The van der Waals surface area contributed by atoms with Crippen molar-refractivity contribution in [1.29, 1.82) is 0 Å². The zero-order valence-corrected chi connectivity index (χ0v) is 21.9. The Labute approximate surface area is 223 Å². The summed E-state index contributed by atoms with van der Waals surface area (Å²) in [6.45, 7) is 3.54. The maximum Gasteiger partial charge on any atom is 0.409 e. The highest BCUT2D eigenvalue weighted by Gasteiger charge is 2.25. The predicted octanol–water partition coefficient (Wildman–Crippen LogP) is 5.95. The van der Waals surface area contributed by atoms with Crippen LogP contribution in [-0.2, 0) is 9.53 Å². The maximum absolute atomic E-state index is 14.7. The van der Waals surface area contributed by atoms with E-state index in [1.165, 1.54) is 25.3 Å². The number of ether oxygens (including phenoxy) is 1. The van der Waals surface area contributed by atoms with Gasteiger partial charge in [-0.15, -0.1) is 0 Å². The molecule has 9 heteroatoms. The van der Waals surface area contributed by atoms with E-state index in [2.05, 4.69) is 20.6 Å². The largest absolute Gasteiger partial charge is 0.449 e. The van der Waals surface area contributed by atoms with Crippen LogP contribution in [0.5, 0.6) is 0 Å². The minimum atomic E-state index is -0.553. The zero-order valence-electron chi connectivity index (χ0n) is 21.9. The van der Waals surface area contributed by atoms with Gasteiger partial charge in [0.1, 0.15) is 5.69 Å². The van der Waals surface area contributed by atoms with E-state index in [1.54, 1.807) is 41.3 Å². The molecule has 0 atom stereocenters. The molecule has 202 valence electrons. The van der Waals surface area contributed by atoms with Crippen LogP contribution in [0.25, 0.3) is 11.3 Å². The number of rotatable bonds is 8. The van der Waals surface area contributed by atoms with Crippen LogP contribution in [0.3, 0.4) is 0 Å². The van der Waals surface area contributed by atoms with E-state index in [-0.39, 0.29) is 23.7 Å². The number of piperidine rings is 1. The molecule has 8 nitrogen and oxygen atoms in total. The highest BCUT2D eigenvalue weighted by molar-refractivity contribution is 5.99. The molecular weight excluding hydrogens is 485 g/mol. The van der Waals surface area contributed by atoms with E-state index >= 15 is 0 Å². The second kappa shape index (κ2) is 13.7. The average Bonchev–Trinajstić information content (AvgIpc) is 2.94. The summed E-state index contributed by atoms with van der Waals surface area (Å²) in [5.74, 6) is -0.0188. The van der Waals surface area contributed by atoms with Gasteiger partial charge in [-0.05, 0) is 50.7 Å². The third-order valence-electron chi connectivity index (χ3n) is 6.95. The van der Waals surface area contributed by atoms with E-state index in [4.69, 9.17) is 4.74 Å². The molecule has 0 spiro atoms. The number of nitrogens with one attached hydrogen (secondary N) is 2. The Morgan fingerprint density at radius 3 is 2.68 bits per heavy atom. The highest BCUT2D eigenvalue weighted by Crippen LogP contribution is 2.26. The van der Waals surface area contributed by atoms with Crippen LogP contribution in [0.1, 0.15) is 51.9 Å². The number of carbonyl (C=O) groups excluding carboxylic acids is 2. The molecule has 0 radical (unpaired) electrons. The van der Waals surface area contributed by atoms with Crippen molar-refractivity contribution < 1.29 is 18.7 Å². The number of likely N-dealkylation sites (tertiary alicyclic amines) is 1. The molecule has 0 bridgehead atoms. The van der Waals surface area contributed by atoms with Crippen LogP contribution in [0.15, 0.2) is 54.8 Å². The highest BCUT2D eigenvalue weighted by atomic mass is 19.1. The lowest BCUT2D eigenvalue weighted by Gasteiger charge is -2.32. The molecule has 38 heavy (non-hydrogen) atoms. The van der Waals surface area contributed by atoms with Crippen molar-refractivity contribution in [3.63, 3.8) is 0 Å². The molecule has 0 unspecified atom stereocenters. The van der Waals surface area contributed by atoms with Crippen molar-refractivity contribution in [2.75, 3.05) is 30.3 Å². The molecule has 1 aliphatic heterocycles. The Morgan fingerprint density at radius 2 is 1.92 bits per heavy atom. The number of nitrogens with zero attached hydrogens (tertiary/aromatic N) is 3. The number of halogens is 1. The van der Waals surface area contributed by atoms with E-state index in [0.717, 1.165) is 31.9 Å². The summed E-state index contributed by atoms with van der Waals surface area (Å²) in [5, 5.41) is 6.05. The fraction of sp³-hybridized carbons (Fsp3) is 0.448. The van der Waals surface area contributed by atoms with Gasteiger partial charge in [-0.3, -0.25) is 4.79 Å². The van der Waals surface area contributed by atoms with Crippen LogP contribution in [0.4, 0.5) is 20.8 Å². The maximum atomic E-state index is 14.7. The van der Waals surface area contributed by atoms with Crippen LogP contribution in [0.2, 0.25) is 0 Å². The molecular formula is C29H36FN5O3.